The summed E-state index contributed by atoms with van der Waals surface area (Å²) in [4.78, 5) is 0. The minimum Gasteiger partial charge on any atom is -0.177 e. The van der Waals surface area contributed by atoms with Crippen molar-refractivity contribution in [2.24, 2.45) is 0 Å². The van der Waals surface area contributed by atoms with E-state index < -0.39 is 0 Å². The molecule has 0 aliphatic rings. The maximum absolute atomic E-state index is 3.93. The van der Waals surface area contributed by atoms with Gasteiger partial charge < -0.3 is 0 Å². The lowest BCUT2D eigenvalue weighted by atomic mass is 10.2. The predicted molar refractivity (Wildman–Crippen MR) is 97.1 cm³/mol. The van der Waals surface area contributed by atoms with Crippen LogP contribution in [0.1, 0.15) is 64.1 Å². The molecule has 0 saturated carbocycles. The summed E-state index contributed by atoms with van der Waals surface area (Å²) in [7, 11) is 0. The van der Waals surface area contributed by atoms with Gasteiger partial charge in [0.15, 0.2) is 5.82 Å². The Balaban J connectivity index is 1.91. The normalized spacial score (nSPS) is 12.6. The number of aryl methyl sites for hydroxylation is 1. The van der Waals surface area contributed by atoms with Crippen LogP contribution in [0.4, 0.5) is 0 Å². The summed E-state index contributed by atoms with van der Waals surface area (Å²) in [5.74, 6) is 0.797. The highest BCUT2D eigenvalue weighted by molar-refractivity contribution is 4.99. The molecule has 4 heteroatoms. The Bertz CT molecular complexity index is 470. The summed E-state index contributed by atoms with van der Waals surface area (Å²) in [6.45, 7) is 2.23. The third-order valence-corrected chi connectivity index (χ3v) is 3.37. The quantitative estimate of drug-likeness (QED) is 0.407. The first-order valence-electron chi connectivity index (χ1n) is 8.75. The van der Waals surface area contributed by atoms with Crippen molar-refractivity contribution in [1.29, 1.82) is 0 Å². The van der Waals surface area contributed by atoms with Gasteiger partial charge in [-0.1, -0.05) is 73.6 Å². The summed E-state index contributed by atoms with van der Waals surface area (Å²) in [6, 6.07) is 0. The number of rotatable bonds is 13. The van der Waals surface area contributed by atoms with Gasteiger partial charge in [-0.25, -0.2) is 0 Å². The van der Waals surface area contributed by atoms with Crippen LogP contribution in [0.5, 0.6) is 0 Å². The van der Waals surface area contributed by atoms with Crippen LogP contribution >= 0.6 is 0 Å². The molecule has 1 aromatic rings. The van der Waals surface area contributed by atoms with Gasteiger partial charge in [0.2, 0.25) is 0 Å². The van der Waals surface area contributed by atoms with Gasteiger partial charge in [-0.05, 0) is 38.5 Å². The Hall–Kier alpha value is -1.97. The van der Waals surface area contributed by atoms with Gasteiger partial charge in [-0.2, -0.15) is 5.21 Å². The maximum atomic E-state index is 3.93. The van der Waals surface area contributed by atoms with Crippen molar-refractivity contribution in [3.63, 3.8) is 0 Å². The molecule has 1 rings (SSSR count). The van der Waals surface area contributed by atoms with Crippen molar-refractivity contribution < 1.29 is 0 Å². The lowest BCUT2D eigenvalue weighted by Crippen LogP contribution is -1.87. The second kappa shape index (κ2) is 14.9. The van der Waals surface area contributed by atoms with Crippen molar-refractivity contribution in [3.05, 3.63) is 54.4 Å². The van der Waals surface area contributed by atoms with E-state index in [0.717, 1.165) is 44.3 Å². The maximum Gasteiger partial charge on any atom is 0.174 e. The molecule has 23 heavy (non-hydrogen) atoms. The minimum absolute atomic E-state index is 0.797. The van der Waals surface area contributed by atoms with Crippen molar-refractivity contribution in [2.75, 3.05) is 0 Å². The van der Waals surface area contributed by atoms with Crippen LogP contribution in [0, 0.1) is 0 Å². The lowest BCUT2D eigenvalue weighted by Gasteiger charge is -1.90. The molecular formula is C19H30N4. The summed E-state index contributed by atoms with van der Waals surface area (Å²) < 4.78 is 0. The number of nitrogens with zero attached hydrogens (tertiary/aromatic N) is 3. The topological polar surface area (TPSA) is 54.5 Å². The zero-order valence-corrected chi connectivity index (χ0v) is 14.3. The molecule has 0 fully saturated rings. The molecule has 0 radical (unpaired) electrons. The van der Waals surface area contributed by atoms with Crippen molar-refractivity contribution in [2.45, 2.75) is 64.7 Å². The molecule has 4 nitrogen and oxygen atoms in total. The first kappa shape index (κ1) is 19.1. The average molecular weight is 314 g/mol. The van der Waals surface area contributed by atoms with Crippen LogP contribution in [0.2, 0.25) is 0 Å². The molecule has 0 atom stereocenters. The molecule has 0 saturated heterocycles. The Labute approximate surface area is 140 Å². The number of aromatic nitrogens is 4. The molecule has 0 aromatic carbocycles. The van der Waals surface area contributed by atoms with E-state index in [9.17, 15) is 0 Å². The van der Waals surface area contributed by atoms with E-state index in [1.54, 1.807) is 0 Å². The molecule has 126 valence electrons. The van der Waals surface area contributed by atoms with Crippen molar-refractivity contribution >= 4 is 0 Å². The molecule has 1 heterocycles. The smallest absolute Gasteiger partial charge is 0.174 e. The second-order valence-corrected chi connectivity index (χ2v) is 5.46. The summed E-state index contributed by atoms with van der Waals surface area (Å²) >= 11 is 0. The fourth-order valence-electron chi connectivity index (χ4n) is 2.04. The van der Waals surface area contributed by atoms with Gasteiger partial charge in [0, 0.05) is 6.42 Å². The van der Waals surface area contributed by atoms with E-state index in [1.165, 1.54) is 19.3 Å². The SMILES string of the molecule is CCCCC=CCC=CCC=CCC=CCCCc1nn[nH]n1. The summed E-state index contributed by atoms with van der Waals surface area (Å²) in [6.07, 6.45) is 27.8. The Morgan fingerprint density at radius 1 is 0.783 bits per heavy atom. The van der Waals surface area contributed by atoms with Crippen LogP contribution in [-0.2, 0) is 6.42 Å². The van der Waals surface area contributed by atoms with Gasteiger partial charge in [0.05, 0.1) is 0 Å². The monoisotopic (exact) mass is 314 g/mol. The number of aromatic amines is 1. The number of hydrogen-bond donors (Lipinski definition) is 1. The predicted octanol–water partition coefficient (Wildman–Crippen LogP) is 5.11. The first-order chi connectivity index (χ1) is 11.4. The first-order valence-corrected chi connectivity index (χ1v) is 8.75. The fraction of sp³-hybridized carbons (Fsp3) is 0.526. The number of allylic oxidation sites excluding steroid dienone is 8. The standard InChI is InChI=1S/C19H30N4/c1-2-3-4-5-6-7-8-9-10-11-12-13-14-15-16-17-18-19-20-22-23-21-19/h5-6,8-9,11-12,14-15H,2-4,7,10,13,16-18H2,1H3,(H,20,21,22,23). The molecule has 1 aromatic heterocycles. The van der Waals surface area contributed by atoms with Gasteiger partial charge in [-0.3, -0.25) is 0 Å². The van der Waals surface area contributed by atoms with E-state index in [0.29, 0.717) is 0 Å². The van der Waals surface area contributed by atoms with Crippen LogP contribution in [0.15, 0.2) is 48.6 Å². The molecular weight excluding hydrogens is 284 g/mol. The lowest BCUT2D eigenvalue weighted by molar-refractivity contribution is 0.787. The second-order valence-electron chi connectivity index (χ2n) is 5.46. The van der Waals surface area contributed by atoms with E-state index in [1.807, 2.05) is 0 Å². The number of tetrazole rings is 1. The largest absolute Gasteiger partial charge is 0.177 e. The van der Waals surface area contributed by atoms with E-state index in [-0.39, 0.29) is 0 Å². The molecule has 0 unspecified atom stereocenters. The average Bonchev–Trinajstić information content (AvgIpc) is 3.08. The number of unbranched alkanes of at least 4 members (excludes halogenated alkanes) is 3. The fourth-order valence-corrected chi connectivity index (χ4v) is 2.04. The molecule has 0 spiro atoms. The van der Waals surface area contributed by atoms with Gasteiger partial charge in [0.25, 0.3) is 0 Å². The van der Waals surface area contributed by atoms with Gasteiger partial charge >= 0.3 is 0 Å². The van der Waals surface area contributed by atoms with Crippen molar-refractivity contribution in [1.82, 2.24) is 20.6 Å². The molecule has 0 aliphatic carbocycles. The summed E-state index contributed by atoms with van der Waals surface area (Å²) in [5, 5.41) is 13.9. The highest BCUT2D eigenvalue weighted by atomic mass is 15.5. The van der Waals surface area contributed by atoms with E-state index in [4.69, 9.17) is 0 Å². The van der Waals surface area contributed by atoms with E-state index in [2.05, 4.69) is 76.2 Å². The number of nitrogens with one attached hydrogen (secondary N) is 1. The Morgan fingerprint density at radius 3 is 1.87 bits per heavy atom. The molecule has 0 amide bonds. The van der Waals surface area contributed by atoms with Crippen molar-refractivity contribution in [3.8, 4) is 0 Å². The zero-order valence-electron chi connectivity index (χ0n) is 14.3. The molecule has 0 bridgehead atoms. The molecule has 0 aliphatic heterocycles. The van der Waals surface area contributed by atoms with Crippen LogP contribution in [0.25, 0.3) is 0 Å². The van der Waals surface area contributed by atoms with Crippen LogP contribution in [-0.4, -0.2) is 20.6 Å². The van der Waals surface area contributed by atoms with Gasteiger partial charge in [-0.15, -0.1) is 10.2 Å². The summed E-state index contributed by atoms with van der Waals surface area (Å²) in [5.41, 5.74) is 0. The Morgan fingerprint density at radius 2 is 1.35 bits per heavy atom. The highest BCUT2D eigenvalue weighted by Crippen LogP contribution is 2.00. The van der Waals surface area contributed by atoms with Crippen LogP contribution < -0.4 is 0 Å². The Kier molecular flexibility index (Phi) is 12.4. The highest BCUT2D eigenvalue weighted by Gasteiger charge is 1.95. The third kappa shape index (κ3) is 12.3. The van der Waals surface area contributed by atoms with Crippen LogP contribution in [0.3, 0.4) is 0 Å². The molecule has 1 N–H and O–H groups in total. The zero-order chi connectivity index (χ0) is 16.4. The van der Waals surface area contributed by atoms with Gasteiger partial charge in [0.1, 0.15) is 0 Å². The number of hydrogen-bond acceptors (Lipinski definition) is 3. The minimum atomic E-state index is 0.797. The third-order valence-electron chi connectivity index (χ3n) is 3.37. The number of H-pyrrole nitrogens is 1. The van der Waals surface area contributed by atoms with E-state index >= 15 is 0 Å².